The second-order valence-electron chi connectivity index (χ2n) is 6.45. The lowest BCUT2D eigenvalue weighted by molar-refractivity contribution is -0.132. The van der Waals surface area contributed by atoms with Crippen LogP contribution in [0.1, 0.15) is 23.2 Å². The van der Waals surface area contributed by atoms with E-state index in [4.69, 9.17) is 0 Å². The highest BCUT2D eigenvalue weighted by molar-refractivity contribution is 8.00. The van der Waals surface area contributed by atoms with Crippen molar-refractivity contribution >= 4 is 23.6 Å². The van der Waals surface area contributed by atoms with Crippen LogP contribution in [0.5, 0.6) is 0 Å². The molecule has 0 N–H and O–H groups in total. The van der Waals surface area contributed by atoms with Crippen molar-refractivity contribution in [2.24, 2.45) is 5.92 Å². The van der Waals surface area contributed by atoms with E-state index in [0.29, 0.717) is 25.2 Å². The first kappa shape index (κ1) is 18.1. The van der Waals surface area contributed by atoms with Gasteiger partial charge in [0.1, 0.15) is 0 Å². The molecule has 3 fully saturated rings. The number of halogens is 3. The lowest BCUT2D eigenvalue weighted by Gasteiger charge is -2.36. The zero-order valence-corrected chi connectivity index (χ0v) is 14.4. The Morgan fingerprint density at radius 2 is 1.80 bits per heavy atom. The molecule has 3 aliphatic heterocycles. The van der Waals surface area contributed by atoms with Gasteiger partial charge in [0.25, 0.3) is 5.91 Å². The predicted octanol–water partition coefficient (Wildman–Crippen LogP) is 3.00. The van der Waals surface area contributed by atoms with Gasteiger partial charge in [0.15, 0.2) is 0 Å². The average molecular weight is 372 g/mol. The maximum atomic E-state index is 12.7. The van der Waals surface area contributed by atoms with Crippen molar-refractivity contribution in [3.8, 4) is 0 Å². The number of piperidine rings is 1. The molecule has 3 saturated heterocycles. The minimum atomic E-state index is -4.41. The Balaban J connectivity index is 1.68. The lowest BCUT2D eigenvalue weighted by Crippen LogP contribution is -2.48. The summed E-state index contributed by atoms with van der Waals surface area (Å²) in [6.45, 7) is 1.35. The number of alkyl halides is 3. The maximum Gasteiger partial charge on any atom is 0.442 e. The fourth-order valence-corrected chi connectivity index (χ4v) is 4.00. The lowest BCUT2D eigenvalue weighted by atomic mass is 9.95. The third-order valence-corrected chi connectivity index (χ3v) is 5.42. The average Bonchev–Trinajstić information content (AvgIpc) is 2.91. The maximum absolute atomic E-state index is 12.7. The largest absolute Gasteiger partial charge is 0.442 e. The van der Waals surface area contributed by atoms with Gasteiger partial charge in [-0.25, -0.2) is 0 Å². The van der Waals surface area contributed by atoms with Gasteiger partial charge in [-0.2, -0.15) is 13.2 Å². The van der Waals surface area contributed by atoms with Gasteiger partial charge in [-0.1, -0.05) is 18.2 Å². The standard InChI is InChI=1S/C17H19F3N2O2S/c18-17(19,20)25-11-15(23)22-9-12-6-7-14(22)10-21(8-12)16(24)13-4-2-1-3-5-13/h1-5,12,14H,6-11H2/t12-,14+/m1/s1. The van der Waals surface area contributed by atoms with Gasteiger partial charge in [0, 0.05) is 31.2 Å². The Morgan fingerprint density at radius 1 is 1.08 bits per heavy atom. The van der Waals surface area contributed by atoms with Crippen LogP contribution in [0, 0.1) is 5.92 Å². The first-order valence-corrected chi connectivity index (χ1v) is 9.16. The summed E-state index contributed by atoms with van der Waals surface area (Å²) in [5.41, 5.74) is -3.81. The number of thioether (sulfide) groups is 1. The van der Waals surface area contributed by atoms with E-state index in [9.17, 15) is 22.8 Å². The van der Waals surface area contributed by atoms with E-state index in [-0.39, 0.29) is 29.6 Å². The van der Waals surface area contributed by atoms with E-state index < -0.39 is 17.2 Å². The van der Waals surface area contributed by atoms with E-state index in [1.807, 2.05) is 6.07 Å². The van der Waals surface area contributed by atoms with E-state index in [1.165, 1.54) is 0 Å². The van der Waals surface area contributed by atoms with Gasteiger partial charge in [-0.3, -0.25) is 9.59 Å². The van der Waals surface area contributed by atoms with E-state index in [0.717, 1.165) is 12.8 Å². The zero-order valence-electron chi connectivity index (χ0n) is 13.5. The molecule has 1 aromatic rings. The fourth-order valence-electron chi connectivity index (χ4n) is 3.54. The summed E-state index contributed by atoms with van der Waals surface area (Å²) in [7, 11) is 0. The number of hydrogen-bond acceptors (Lipinski definition) is 3. The summed E-state index contributed by atoms with van der Waals surface area (Å²) in [5, 5.41) is 0. The predicted molar refractivity (Wildman–Crippen MR) is 89.1 cm³/mol. The Hall–Kier alpha value is -1.70. The minimum Gasteiger partial charge on any atom is -0.337 e. The van der Waals surface area contributed by atoms with Crippen LogP contribution in [0.3, 0.4) is 0 Å². The normalized spacial score (nSPS) is 23.5. The molecule has 3 aliphatic rings. The minimum absolute atomic E-state index is 0.0866. The third-order valence-electron chi connectivity index (χ3n) is 4.70. The van der Waals surface area contributed by atoms with Crippen molar-refractivity contribution in [1.29, 1.82) is 0 Å². The quantitative estimate of drug-likeness (QED) is 0.819. The van der Waals surface area contributed by atoms with Crippen LogP contribution in [0.15, 0.2) is 30.3 Å². The van der Waals surface area contributed by atoms with Crippen molar-refractivity contribution in [2.75, 3.05) is 25.4 Å². The summed E-state index contributed by atoms with van der Waals surface area (Å²) in [6.07, 6.45) is 1.62. The van der Waals surface area contributed by atoms with Gasteiger partial charge < -0.3 is 9.80 Å². The van der Waals surface area contributed by atoms with Crippen molar-refractivity contribution in [3.05, 3.63) is 35.9 Å². The topological polar surface area (TPSA) is 40.6 Å². The molecule has 0 unspecified atom stereocenters. The molecular formula is C17H19F3N2O2S. The van der Waals surface area contributed by atoms with Crippen LogP contribution >= 0.6 is 11.8 Å². The summed E-state index contributed by atoms with van der Waals surface area (Å²) < 4.78 is 37.0. The van der Waals surface area contributed by atoms with Crippen LogP contribution in [0.25, 0.3) is 0 Å². The van der Waals surface area contributed by atoms with Crippen LogP contribution in [0.2, 0.25) is 0 Å². The summed E-state index contributed by atoms with van der Waals surface area (Å²) >= 11 is -0.298. The monoisotopic (exact) mass is 372 g/mol. The molecule has 0 radical (unpaired) electrons. The van der Waals surface area contributed by atoms with Crippen LogP contribution in [-0.2, 0) is 4.79 Å². The summed E-state index contributed by atoms with van der Waals surface area (Å²) in [6, 6.07) is 8.72. The van der Waals surface area contributed by atoms with Gasteiger partial charge >= 0.3 is 5.51 Å². The first-order valence-electron chi connectivity index (χ1n) is 8.18. The van der Waals surface area contributed by atoms with Gasteiger partial charge in [0.05, 0.1) is 5.75 Å². The molecule has 25 heavy (non-hydrogen) atoms. The van der Waals surface area contributed by atoms with E-state index in [1.54, 1.807) is 34.1 Å². The molecule has 3 heterocycles. The smallest absolute Gasteiger partial charge is 0.337 e. The molecule has 0 aliphatic carbocycles. The van der Waals surface area contributed by atoms with Gasteiger partial charge in [0.2, 0.25) is 5.91 Å². The highest BCUT2D eigenvalue weighted by atomic mass is 32.2. The molecule has 4 nitrogen and oxygen atoms in total. The van der Waals surface area contributed by atoms with Crippen molar-refractivity contribution in [1.82, 2.24) is 9.80 Å². The first-order chi connectivity index (χ1) is 11.8. The van der Waals surface area contributed by atoms with Crippen LogP contribution < -0.4 is 0 Å². The molecule has 136 valence electrons. The molecule has 0 saturated carbocycles. The molecule has 0 aromatic heterocycles. The fraction of sp³-hybridized carbons (Fsp3) is 0.529. The molecule has 1 aromatic carbocycles. The Morgan fingerprint density at radius 3 is 2.48 bits per heavy atom. The number of amides is 2. The highest BCUT2D eigenvalue weighted by Crippen LogP contribution is 2.33. The Labute approximate surface area is 148 Å². The molecule has 2 bridgehead atoms. The number of rotatable bonds is 3. The number of carbonyl (C=O) groups is 2. The number of fused-ring (bicyclic) bond motifs is 4. The Kier molecular flexibility index (Phi) is 5.27. The zero-order chi connectivity index (χ0) is 18.0. The van der Waals surface area contributed by atoms with Gasteiger partial charge in [-0.05, 0) is 42.7 Å². The van der Waals surface area contributed by atoms with E-state index >= 15 is 0 Å². The summed E-state index contributed by atoms with van der Waals surface area (Å²) in [4.78, 5) is 28.2. The number of benzene rings is 1. The SMILES string of the molecule is O=C(c1ccccc1)N1C[C@H]2CC[C@@H](C1)N(C(=O)CSC(F)(F)F)C2. The van der Waals surface area contributed by atoms with Gasteiger partial charge in [-0.15, -0.1) is 0 Å². The Bertz CT molecular complexity index is 639. The van der Waals surface area contributed by atoms with E-state index in [2.05, 4.69) is 0 Å². The van der Waals surface area contributed by atoms with Crippen molar-refractivity contribution < 1.29 is 22.8 Å². The second-order valence-corrected chi connectivity index (χ2v) is 7.49. The molecule has 8 heteroatoms. The third kappa shape index (κ3) is 4.48. The molecule has 2 amide bonds. The highest BCUT2D eigenvalue weighted by Gasteiger charge is 2.39. The number of hydrogen-bond donors (Lipinski definition) is 0. The second kappa shape index (κ2) is 7.27. The van der Waals surface area contributed by atoms with Crippen molar-refractivity contribution in [3.63, 3.8) is 0 Å². The van der Waals surface area contributed by atoms with Crippen LogP contribution in [-0.4, -0.2) is 58.6 Å². The number of carbonyl (C=O) groups excluding carboxylic acids is 2. The summed E-state index contributed by atoms with van der Waals surface area (Å²) in [5.74, 6) is -1.06. The molecule has 4 rings (SSSR count). The van der Waals surface area contributed by atoms with Crippen LogP contribution in [0.4, 0.5) is 13.2 Å². The molecule has 2 atom stereocenters. The molecular weight excluding hydrogens is 353 g/mol. The number of nitrogens with zero attached hydrogens (tertiary/aromatic N) is 2. The van der Waals surface area contributed by atoms with Crippen molar-refractivity contribution in [2.45, 2.75) is 24.4 Å². The molecule has 0 spiro atoms.